The molecule has 1 N–H and O–H groups in total. The number of hydrogen-bond acceptors (Lipinski definition) is 3. The largest absolute Gasteiger partial charge is 0.478 e. The van der Waals surface area contributed by atoms with E-state index >= 15 is 0 Å². The number of piperidine rings is 1. The van der Waals surface area contributed by atoms with Gasteiger partial charge in [-0.3, -0.25) is 4.90 Å². The number of rotatable bonds is 5. The number of carboxylic acid groups (broad SMARTS) is 1. The molecule has 1 atom stereocenters. The van der Waals surface area contributed by atoms with Crippen molar-refractivity contribution >= 4 is 5.97 Å². The second kappa shape index (κ2) is 6.57. The molecule has 0 spiro atoms. The van der Waals surface area contributed by atoms with Crippen molar-refractivity contribution in [1.29, 1.82) is 0 Å². The summed E-state index contributed by atoms with van der Waals surface area (Å²) in [7, 11) is 0. The van der Waals surface area contributed by atoms with Gasteiger partial charge in [0, 0.05) is 12.6 Å². The second-order valence-electron chi connectivity index (χ2n) is 4.98. The zero-order chi connectivity index (χ0) is 13.7. The van der Waals surface area contributed by atoms with Crippen molar-refractivity contribution in [2.45, 2.75) is 38.6 Å². The Labute approximate surface area is 114 Å². The van der Waals surface area contributed by atoms with Crippen molar-refractivity contribution < 1.29 is 14.6 Å². The molecule has 0 bridgehead atoms. The Hall–Kier alpha value is -1.55. The number of nitrogens with zero attached hydrogens (tertiary/aromatic N) is 1. The van der Waals surface area contributed by atoms with Gasteiger partial charge in [0.15, 0.2) is 0 Å². The number of carbonyl (C=O) groups is 1. The molecule has 0 aromatic heterocycles. The van der Waals surface area contributed by atoms with Gasteiger partial charge in [0.25, 0.3) is 0 Å². The first-order valence-corrected chi connectivity index (χ1v) is 6.91. The van der Waals surface area contributed by atoms with Crippen LogP contribution in [0.4, 0.5) is 0 Å². The molecule has 2 rings (SSSR count). The standard InChI is InChI=1S/C15H21NO3/c1-2-13-7-3-4-9-16(13)11-19-14-8-5-6-12(10-14)15(17)18/h5-6,8,10,13H,2-4,7,9,11H2,1H3,(H,17,18). The first kappa shape index (κ1) is 13.9. The maximum atomic E-state index is 10.9. The Bertz CT molecular complexity index is 433. The summed E-state index contributed by atoms with van der Waals surface area (Å²) in [6, 6.07) is 7.26. The van der Waals surface area contributed by atoms with Crippen molar-refractivity contribution in [1.82, 2.24) is 4.90 Å². The van der Waals surface area contributed by atoms with Gasteiger partial charge in [-0.1, -0.05) is 19.4 Å². The van der Waals surface area contributed by atoms with E-state index in [1.807, 2.05) is 0 Å². The Morgan fingerprint density at radius 1 is 1.47 bits per heavy atom. The van der Waals surface area contributed by atoms with Gasteiger partial charge in [-0.15, -0.1) is 0 Å². The molecule has 0 aliphatic carbocycles. The molecule has 19 heavy (non-hydrogen) atoms. The van der Waals surface area contributed by atoms with E-state index in [1.165, 1.54) is 19.3 Å². The second-order valence-corrected chi connectivity index (χ2v) is 4.98. The zero-order valence-electron chi connectivity index (χ0n) is 11.3. The molecule has 1 aliphatic rings. The molecule has 1 fully saturated rings. The van der Waals surface area contributed by atoms with Gasteiger partial charge in [-0.25, -0.2) is 4.79 Å². The molecular weight excluding hydrogens is 242 g/mol. The molecule has 0 radical (unpaired) electrons. The molecule has 1 aliphatic heterocycles. The predicted molar refractivity (Wildman–Crippen MR) is 73.5 cm³/mol. The van der Waals surface area contributed by atoms with Crippen molar-refractivity contribution in [3.8, 4) is 5.75 Å². The highest BCUT2D eigenvalue weighted by Gasteiger charge is 2.20. The Balaban J connectivity index is 1.94. The fourth-order valence-corrected chi connectivity index (χ4v) is 2.57. The Morgan fingerprint density at radius 2 is 2.32 bits per heavy atom. The van der Waals surface area contributed by atoms with Crippen molar-refractivity contribution in [2.24, 2.45) is 0 Å². The molecule has 0 saturated carbocycles. The number of ether oxygens (including phenoxy) is 1. The molecule has 4 nitrogen and oxygen atoms in total. The quantitative estimate of drug-likeness (QED) is 0.887. The van der Waals surface area contributed by atoms with Crippen LogP contribution in [-0.2, 0) is 0 Å². The van der Waals surface area contributed by atoms with Crippen molar-refractivity contribution in [3.05, 3.63) is 29.8 Å². The fourth-order valence-electron chi connectivity index (χ4n) is 2.57. The summed E-state index contributed by atoms with van der Waals surface area (Å²) in [6.45, 7) is 3.81. The van der Waals surface area contributed by atoms with E-state index in [0.29, 0.717) is 18.5 Å². The third-order valence-electron chi connectivity index (χ3n) is 3.70. The number of benzene rings is 1. The Kier molecular flexibility index (Phi) is 4.80. The van der Waals surface area contributed by atoms with E-state index in [2.05, 4.69) is 11.8 Å². The molecule has 1 aromatic carbocycles. The normalized spacial score (nSPS) is 20.2. The molecular formula is C15H21NO3. The van der Waals surface area contributed by atoms with E-state index in [-0.39, 0.29) is 5.56 Å². The minimum Gasteiger partial charge on any atom is -0.478 e. The van der Waals surface area contributed by atoms with Crippen LogP contribution in [0.3, 0.4) is 0 Å². The monoisotopic (exact) mass is 263 g/mol. The van der Waals surface area contributed by atoms with Gasteiger partial charge < -0.3 is 9.84 Å². The van der Waals surface area contributed by atoms with Crippen LogP contribution < -0.4 is 4.74 Å². The highest BCUT2D eigenvalue weighted by atomic mass is 16.5. The zero-order valence-corrected chi connectivity index (χ0v) is 11.3. The average molecular weight is 263 g/mol. The summed E-state index contributed by atoms with van der Waals surface area (Å²) in [6.07, 6.45) is 4.88. The maximum absolute atomic E-state index is 10.9. The average Bonchev–Trinajstić information content (AvgIpc) is 2.45. The third kappa shape index (κ3) is 3.70. The van der Waals surface area contributed by atoms with E-state index in [4.69, 9.17) is 9.84 Å². The van der Waals surface area contributed by atoms with Crippen molar-refractivity contribution in [3.63, 3.8) is 0 Å². The smallest absolute Gasteiger partial charge is 0.335 e. The summed E-state index contributed by atoms with van der Waals surface area (Å²) < 4.78 is 5.73. The molecule has 1 heterocycles. The highest BCUT2D eigenvalue weighted by molar-refractivity contribution is 5.87. The fraction of sp³-hybridized carbons (Fsp3) is 0.533. The van der Waals surface area contributed by atoms with E-state index in [1.54, 1.807) is 24.3 Å². The van der Waals surface area contributed by atoms with Crippen LogP contribution in [0.15, 0.2) is 24.3 Å². The van der Waals surface area contributed by atoms with Crippen LogP contribution in [-0.4, -0.2) is 35.3 Å². The van der Waals surface area contributed by atoms with Gasteiger partial charge in [0.1, 0.15) is 12.5 Å². The topological polar surface area (TPSA) is 49.8 Å². The number of carboxylic acids is 1. The van der Waals surface area contributed by atoms with Crippen LogP contribution in [0.1, 0.15) is 43.0 Å². The van der Waals surface area contributed by atoms with Crippen LogP contribution in [0.5, 0.6) is 5.75 Å². The number of hydrogen-bond donors (Lipinski definition) is 1. The van der Waals surface area contributed by atoms with Crippen LogP contribution in [0.2, 0.25) is 0 Å². The summed E-state index contributed by atoms with van der Waals surface area (Å²) >= 11 is 0. The molecule has 4 heteroatoms. The van der Waals surface area contributed by atoms with Crippen LogP contribution >= 0.6 is 0 Å². The Morgan fingerprint density at radius 3 is 3.05 bits per heavy atom. The molecule has 0 amide bonds. The van der Waals surface area contributed by atoms with Gasteiger partial charge in [-0.05, 0) is 37.5 Å². The van der Waals surface area contributed by atoms with E-state index in [0.717, 1.165) is 13.0 Å². The van der Waals surface area contributed by atoms with Crippen LogP contribution in [0, 0.1) is 0 Å². The lowest BCUT2D eigenvalue weighted by molar-refractivity contribution is 0.0560. The minimum absolute atomic E-state index is 0.267. The lowest BCUT2D eigenvalue weighted by atomic mass is 10.0. The lowest BCUT2D eigenvalue weighted by Gasteiger charge is -2.34. The van der Waals surface area contributed by atoms with E-state index < -0.39 is 5.97 Å². The van der Waals surface area contributed by atoms with Gasteiger partial charge in [0.2, 0.25) is 0 Å². The summed E-state index contributed by atoms with van der Waals surface area (Å²) in [5.74, 6) is -0.296. The summed E-state index contributed by atoms with van der Waals surface area (Å²) in [4.78, 5) is 13.2. The van der Waals surface area contributed by atoms with Gasteiger partial charge >= 0.3 is 5.97 Å². The third-order valence-corrected chi connectivity index (χ3v) is 3.70. The summed E-state index contributed by atoms with van der Waals surface area (Å²) in [5.41, 5.74) is 0.267. The molecule has 1 unspecified atom stereocenters. The maximum Gasteiger partial charge on any atom is 0.335 e. The first-order valence-electron chi connectivity index (χ1n) is 6.91. The van der Waals surface area contributed by atoms with Gasteiger partial charge in [0.05, 0.1) is 5.56 Å². The summed E-state index contributed by atoms with van der Waals surface area (Å²) in [5, 5.41) is 8.94. The predicted octanol–water partition coefficient (Wildman–Crippen LogP) is 2.99. The number of aromatic carboxylic acids is 1. The lowest BCUT2D eigenvalue weighted by Crippen LogP contribution is -2.41. The number of likely N-dealkylation sites (tertiary alicyclic amines) is 1. The molecule has 104 valence electrons. The minimum atomic E-state index is -0.921. The van der Waals surface area contributed by atoms with Crippen LogP contribution in [0.25, 0.3) is 0 Å². The first-order chi connectivity index (χ1) is 9.20. The highest BCUT2D eigenvalue weighted by Crippen LogP contribution is 2.20. The molecule has 1 aromatic rings. The van der Waals surface area contributed by atoms with Crippen molar-refractivity contribution in [2.75, 3.05) is 13.3 Å². The SMILES string of the molecule is CCC1CCCCN1COc1cccc(C(=O)O)c1. The molecule has 1 saturated heterocycles. The van der Waals surface area contributed by atoms with E-state index in [9.17, 15) is 4.79 Å². The van der Waals surface area contributed by atoms with Gasteiger partial charge in [-0.2, -0.15) is 0 Å².